The Kier molecular flexibility index (Phi) is 11.6. The smallest absolute Gasteiger partial charge is 0.266 e. The molecule has 0 bridgehead atoms. The van der Waals surface area contributed by atoms with Crippen LogP contribution in [0.1, 0.15) is 40.3 Å². The van der Waals surface area contributed by atoms with E-state index in [4.69, 9.17) is 29.8 Å². The van der Waals surface area contributed by atoms with Crippen LogP contribution in [0.4, 0.5) is 4.39 Å². The van der Waals surface area contributed by atoms with Crippen LogP contribution in [-0.2, 0) is 28.9 Å². The Bertz CT molecular complexity index is 1780. The van der Waals surface area contributed by atoms with Gasteiger partial charge in [-0.3, -0.25) is 10.2 Å². The average molecular weight is 653 g/mol. The van der Waals surface area contributed by atoms with Crippen LogP contribution in [0, 0.1) is 5.82 Å². The molecule has 1 aliphatic rings. The number of hydrazine groups is 1. The van der Waals surface area contributed by atoms with Gasteiger partial charge in [0.2, 0.25) is 5.90 Å². The van der Waals surface area contributed by atoms with Crippen LogP contribution in [-0.4, -0.2) is 49.3 Å². The highest BCUT2D eigenvalue weighted by atomic mass is 19.1. The first-order chi connectivity index (χ1) is 23.5. The third kappa shape index (κ3) is 8.29. The zero-order chi connectivity index (χ0) is 33.8. The van der Waals surface area contributed by atoms with Crippen LogP contribution in [0.2, 0.25) is 0 Å². The molecule has 0 saturated carbocycles. The molecule has 11 nitrogen and oxygen atoms in total. The maximum Gasteiger partial charge on any atom is 0.266 e. The fourth-order valence-electron chi connectivity index (χ4n) is 5.52. The lowest BCUT2D eigenvalue weighted by Crippen LogP contribution is -2.54. The molecule has 1 heterocycles. The lowest BCUT2D eigenvalue weighted by atomic mass is 9.81. The summed E-state index contributed by atoms with van der Waals surface area (Å²) in [4.78, 5) is 22.5. The molecule has 12 heteroatoms. The summed E-state index contributed by atoms with van der Waals surface area (Å²) in [6.45, 7) is 0.827. The van der Waals surface area contributed by atoms with Gasteiger partial charge < -0.3 is 19.3 Å². The zero-order valence-electron chi connectivity index (χ0n) is 26.5. The second kappa shape index (κ2) is 16.4. The summed E-state index contributed by atoms with van der Waals surface area (Å²) in [7, 11) is 1.56. The molecular weight excluding hydrogens is 615 g/mol. The van der Waals surface area contributed by atoms with Gasteiger partial charge in [-0.25, -0.2) is 14.8 Å². The number of methoxy groups -OCH3 is 1. The van der Waals surface area contributed by atoms with E-state index < -0.39 is 17.6 Å². The van der Waals surface area contributed by atoms with Crippen LogP contribution in [0.5, 0.6) is 11.5 Å². The quantitative estimate of drug-likeness (QED) is 0.0460. The Hall–Kier alpha value is -5.42. The first-order valence-electron chi connectivity index (χ1n) is 15.6. The van der Waals surface area contributed by atoms with E-state index in [0.717, 1.165) is 16.7 Å². The Labute approximate surface area is 278 Å². The van der Waals surface area contributed by atoms with Gasteiger partial charge in [-0.15, -0.1) is 0 Å². The van der Waals surface area contributed by atoms with Gasteiger partial charge in [-0.2, -0.15) is 0 Å². The monoisotopic (exact) mass is 652 g/mol. The second-order valence-corrected chi connectivity index (χ2v) is 11.2. The summed E-state index contributed by atoms with van der Waals surface area (Å²) in [6, 6.07) is 28.2. The molecule has 5 rings (SSSR count). The van der Waals surface area contributed by atoms with Gasteiger partial charge in [0.25, 0.3) is 5.91 Å². The van der Waals surface area contributed by atoms with Crippen LogP contribution >= 0.6 is 0 Å². The van der Waals surface area contributed by atoms with Crippen LogP contribution in [0.15, 0.2) is 107 Å². The molecule has 0 radical (unpaired) electrons. The van der Waals surface area contributed by atoms with E-state index in [2.05, 4.69) is 20.9 Å². The van der Waals surface area contributed by atoms with Gasteiger partial charge >= 0.3 is 0 Å². The SMILES string of the molecule is COc1cccc([C@@H]2OC(c3ccc(OCCCO)cc3)=N[C@]2(Cc2ccccc2CN=[N+]=[N-])C(=O)NNCCc2cccc(F)c2)c1. The third-order valence-corrected chi connectivity index (χ3v) is 7.94. The van der Waals surface area contributed by atoms with Crippen LogP contribution in [0.25, 0.3) is 10.4 Å². The second-order valence-electron chi connectivity index (χ2n) is 11.2. The van der Waals surface area contributed by atoms with Crippen LogP contribution < -0.4 is 20.3 Å². The highest BCUT2D eigenvalue weighted by Gasteiger charge is 2.53. The minimum absolute atomic E-state index is 0.0319. The first kappa shape index (κ1) is 33.9. The van der Waals surface area contributed by atoms with E-state index in [1.807, 2.05) is 48.5 Å². The molecular formula is C36H37FN6O5. The number of nitrogens with one attached hydrogen (secondary N) is 2. The molecule has 0 aliphatic carbocycles. The van der Waals surface area contributed by atoms with E-state index in [0.29, 0.717) is 48.6 Å². The number of halogens is 1. The minimum Gasteiger partial charge on any atom is -0.497 e. The molecule has 1 amide bonds. The van der Waals surface area contributed by atoms with E-state index in [1.54, 1.807) is 43.5 Å². The normalized spacial score (nSPS) is 16.7. The van der Waals surface area contributed by atoms with Crippen molar-refractivity contribution in [3.8, 4) is 11.5 Å². The maximum atomic E-state index is 14.5. The standard InChI is InChI=1S/C36H37FN6O5/c1-46-32-12-5-10-27(22-32)33-36(23-28-8-2-3-9-29(28)24-40-43-38,35(45)42-39-18-17-25-7-4-11-30(37)21-25)41-34(48-33)26-13-15-31(16-14-26)47-20-6-19-44/h2-5,7-16,21-22,33,39,44H,6,17-20,23-24H2,1H3,(H,42,45)/t33-,36-/m0/s1. The molecule has 1 aliphatic heterocycles. The Morgan fingerprint density at radius 2 is 1.83 bits per heavy atom. The molecule has 48 heavy (non-hydrogen) atoms. The van der Waals surface area contributed by atoms with Crippen molar-refractivity contribution < 1.29 is 28.5 Å². The van der Waals surface area contributed by atoms with Crippen molar-refractivity contribution in [2.45, 2.75) is 37.5 Å². The largest absolute Gasteiger partial charge is 0.497 e. The molecule has 0 saturated heterocycles. The molecule has 0 aromatic heterocycles. The molecule has 4 aromatic rings. The summed E-state index contributed by atoms with van der Waals surface area (Å²) in [5.41, 5.74) is 16.9. The van der Waals surface area contributed by atoms with E-state index in [1.165, 1.54) is 12.1 Å². The lowest BCUT2D eigenvalue weighted by molar-refractivity contribution is -0.130. The number of rotatable bonds is 16. The van der Waals surface area contributed by atoms with Gasteiger partial charge in [-0.05, 0) is 82.7 Å². The fraction of sp³-hybridized carbons (Fsp3) is 0.278. The fourth-order valence-corrected chi connectivity index (χ4v) is 5.52. The number of aliphatic hydroxyl groups is 1. The Morgan fingerprint density at radius 3 is 2.58 bits per heavy atom. The number of benzene rings is 4. The first-order valence-corrected chi connectivity index (χ1v) is 15.6. The van der Waals surface area contributed by atoms with Crippen molar-refractivity contribution in [2.24, 2.45) is 10.1 Å². The van der Waals surface area contributed by atoms with Gasteiger partial charge in [-0.1, -0.05) is 53.6 Å². The summed E-state index contributed by atoms with van der Waals surface area (Å²) in [5, 5.41) is 12.9. The molecule has 3 N–H and O–H groups in total. The van der Waals surface area contributed by atoms with Crippen molar-refractivity contribution >= 4 is 11.8 Å². The zero-order valence-corrected chi connectivity index (χ0v) is 26.5. The highest BCUT2D eigenvalue weighted by Crippen LogP contribution is 2.43. The van der Waals surface area contributed by atoms with Crippen molar-refractivity contribution in [1.29, 1.82) is 0 Å². The van der Waals surface area contributed by atoms with E-state index >= 15 is 0 Å². The topological polar surface area (TPSA) is 150 Å². The summed E-state index contributed by atoms with van der Waals surface area (Å²) < 4.78 is 31.5. The summed E-state index contributed by atoms with van der Waals surface area (Å²) in [5.74, 6) is 0.679. The number of hydrogen-bond acceptors (Lipinski definition) is 8. The van der Waals surface area contributed by atoms with Crippen molar-refractivity contribution in [3.63, 3.8) is 0 Å². The van der Waals surface area contributed by atoms with Crippen molar-refractivity contribution in [3.05, 3.63) is 141 Å². The number of aliphatic hydroxyl groups excluding tert-OH is 1. The summed E-state index contributed by atoms with van der Waals surface area (Å²) in [6.07, 6.45) is 0.196. The van der Waals surface area contributed by atoms with Crippen molar-refractivity contribution in [1.82, 2.24) is 10.9 Å². The van der Waals surface area contributed by atoms with Crippen LogP contribution in [0.3, 0.4) is 0 Å². The molecule has 0 fully saturated rings. The third-order valence-electron chi connectivity index (χ3n) is 7.94. The van der Waals surface area contributed by atoms with E-state index in [9.17, 15) is 9.18 Å². The molecule has 2 atom stereocenters. The number of nitrogens with zero attached hydrogens (tertiary/aromatic N) is 4. The van der Waals surface area contributed by atoms with Gasteiger partial charge in [0.15, 0.2) is 11.6 Å². The van der Waals surface area contributed by atoms with Gasteiger partial charge in [0.1, 0.15) is 17.3 Å². The van der Waals surface area contributed by atoms with Gasteiger partial charge in [0.05, 0.1) is 20.3 Å². The maximum absolute atomic E-state index is 14.5. The lowest BCUT2D eigenvalue weighted by Gasteiger charge is -2.31. The Balaban J connectivity index is 1.54. The molecule has 248 valence electrons. The number of azide groups is 1. The molecule has 4 aromatic carbocycles. The number of ether oxygens (including phenoxy) is 3. The highest BCUT2D eigenvalue weighted by molar-refractivity contribution is 6.01. The Morgan fingerprint density at radius 1 is 1.04 bits per heavy atom. The number of hydrogen-bond donors (Lipinski definition) is 3. The van der Waals surface area contributed by atoms with Crippen molar-refractivity contribution in [2.75, 3.05) is 26.9 Å². The molecule has 0 spiro atoms. The number of aliphatic imine (C=N–C) groups is 1. The predicted octanol–water partition coefficient (Wildman–Crippen LogP) is 5.77. The predicted molar refractivity (Wildman–Crippen MR) is 179 cm³/mol. The summed E-state index contributed by atoms with van der Waals surface area (Å²) >= 11 is 0. The average Bonchev–Trinajstić information content (AvgIpc) is 3.50. The minimum atomic E-state index is -1.53. The number of amides is 1. The van der Waals surface area contributed by atoms with Gasteiger partial charge in [0, 0.05) is 36.5 Å². The molecule has 0 unspecified atom stereocenters. The van der Waals surface area contributed by atoms with E-state index in [-0.39, 0.29) is 31.3 Å². The number of carbonyl (C=O) groups excluding carboxylic acids is 1. The number of carbonyl (C=O) groups is 1.